The molecule has 3 nitrogen and oxygen atoms in total. The first-order valence-electron chi connectivity index (χ1n) is 2.96. The summed E-state index contributed by atoms with van der Waals surface area (Å²) in [6, 6.07) is 0. The summed E-state index contributed by atoms with van der Waals surface area (Å²) in [5.41, 5.74) is 5.97. The van der Waals surface area contributed by atoms with Crippen LogP contribution >= 0.6 is 0 Å². The molecule has 0 aromatic heterocycles. The highest BCUT2D eigenvalue weighted by Gasteiger charge is 1.93. The molecule has 4 N–H and O–H groups in total. The summed E-state index contributed by atoms with van der Waals surface area (Å²) >= 11 is 0. The summed E-state index contributed by atoms with van der Waals surface area (Å²) in [7, 11) is 0. The van der Waals surface area contributed by atoms with E-state index in [0.717, 1.165) is 5.70 Å². The molecule has 0 aromatic carbocycles. The number of aliphatic hydroxyl groups excluding tert-OH is 1. The van der Waals surface area contributed by atoms with Crippen LogP contribution in [-0.4, -0.2) is 24.3 Å². The maximum atomic E-state index is 8.75. The third kappa shape index (κ3) is 5.33. The van der Waals surface area contributed by atoms with E-state index < -0.39 is 0 Å². The van der Waals surface area contributed by atoms with E-state index in [1.54, 1.807) is 6.92 Å². The van der Waals surface area contributed by atoms with Gasteiger partial charge in [-0.1, -0.05) is 6.58 Å². The summed E-state index contributed by atoms with van der Waals surface area (Å²) in [6.45, 7) is 6.25. The average Bonchev–Trinajstić information content (AvgIpc) is 1.83. The predicted octanol–water partition coefficient (Wildman–Crippen LogP) is -0.571. The Morgan fingerprint density at radius 1 is 1.89 bits per heavy atom. The lowest BCUT2D eigenvalue weighted by Crippen LogP contribution is -2.26. The number of nitrogens with one attached hydrogen (secondary N) is 1. The molecule has 54 valence electrons. The van der Waals surface area contributed by atoms with E-state index in [9.17, 15) is 0 Å². The Kier molecular flexibility index (Phi) is 4.09. The summed E-state index contributed by atoms with van der Waals surface area (Å²) < 4.78 is 0. The van der Waals surface area contributed by atoms with Crippen LogP contribution < -0.4 is 11.1 Å². The van der Waals surface area contributed by atoms with Crippen molar-refractivity contribution in [3.63, 3.8) is 0 Å². The molecule has 9 heavy (non-hydrogen) atoms. The van der Waals surface area contributed by atoms with Crippen LogP contribution in [0.3, 0.4) is 0 Å². The molecule has 0 aliphatic rings. The SMILES string of the molecule is C=C(CN)NCC(C)O. The van der Waals surface area contributed by atoms with Gasteiger partial charge in [-0.3, -0.25) is 0 Å². The zero-order chi connectivity index (χ0) is 7.28. The second-order valence-corrected chi connectivity index (χ2v) is 2.04. The van der Waals surface area contributed by atoms with Crippen molar-refractivity contribution in [3.05, 3.63) is 12.3 Å². The molecule has 0 aliphatic carbocycles. The van der Waals surface area contributed by atoms with Gasteiger partial charge in [-0.25, -0.2) is 0 Å². The normalized spacial score (nSPS) is 12.8. The van der Waals surface area contributed by atoms with Crippen molar-refractivity contribution >= 4 is 0 Å². The fourth-order valence-electron chi connectivity index (χ4n) is 0.364. The first-order chi connectivity index (χ1) is 4.16. The highest BCUT2D eigenvalue weighted by atomic mass is 16.3. The monoisotopic (exact) mass is 130 g/mol. The molecule has 1 atom stereocenters. The zero-order valence-corrected chi connectivity index (χ0v) is 5.72. The molecular weight excluding hydrogens is 116 g/mol. The van der Waals surface area contributed by atoms with Gasteiger partial charge >= 0.3 is 0 Å². The molecule has 3 heteroatoms. The van der Waals surface area contributed by atoms with Crippen LogP contribution in [0.1, 0.15) is 6.92 Å². The summed E-state index contributed by atoms with van der Waals surface area (Å²) in [5, 5.41) is 11.6. The Morgan fingerprint density at radius 2 is 2.44 bits per heavy atom. The van der Waals surface area contributed by atoms with Gasteiger partial charge in [0.25, 0.3) is 0 Å². The van der Waals surface area contributed by atoms with Crippen molar-refractivity contribution in [2.24, 2.45) is 5.73 Å². The van der Waals surface area contributed by atoms with Gasteiger partial charge in [-0.15, -0.1) is 0 Å². The Balaban J connectivity index is 3.17. The third-order valence-corrected chi connectivity index (χ3v) is 0.894. The topological polar surface area (TPSA) is 58.3 Å². The zero-order valence-electron chi connectivity index (χ0n) is 5.72. The minimum atomic E-state index is -0.340. The number of hydrogen-bond acceptors (Lipinski definition) is 3. The third-order valence-electron chi connectivity index (χ3n) is 0.894. The van der Waals surface area contributed by atoms with Crippen LogP contribution in [-0.2, 0) is 0 Å². The maximum Gasteiger partial charge on any atom is 0.0684 e. The summed E-state index contributed by atoms with van der Waals surface area (Å²) in [5.74, 6) is 0. The van der Waals surface area contributed by atoms with E-state index in [1.165, 1.54) is 0 Å². The van der Waals surface area contributed by atoms with E-state index in [-0.39, 0.29) is 6.10 Å². The smallest absolute Gasteiger partial charge is 0.0684 e. The highest BCUT2D eigenvalue weighted by Crippen LogP contribution is 1.80. The van der Waals surface area contributed by atoms with Crippen LogP contribution in [0, 0.1) is 0 Å². The first-order valence-corrected chi connectivity index (χ1v) is 2.96. The lowest BCUT2D eigenvalue weighted by atomic mass is 10.4. The second kappa shape index (κ2) is 4.35. The average molecular weight is 130 g/mol. The number of rotatable bonds is 4. The van der Waals surface area contributed by atoms with E-state index >= 15 is 0 Å². The Labute approximate surface area is 55.6 Å². The summed E-state index contributed by atoms with van der Waals surface area (Å²) in [4.78, 5) is 0. The van der Waals surface area contributed by atoms with Crippen LogP contribution in [0.25, 0.3) is 0 Å². The molecule has 0 rings (SSSR count). The second-order valence-electron chi connectivity index (χ2n) is 2.04. The Bertz CT molecular complexity index is 91.1. The largest absolute Gasteiger partial charge is 0.392 e. The molecule has 0 spiro atoms. The molecule has 0 saturated heterocycles. The van der Waals surface area contributed by atoms with Gasteiger partial charge in [-0.2, -0.15) is 0 Å². The number of hydrogen-bond donors (Lipinski definition) is 3. The molecule has 0 saturated carbocycles. The Hall–Kier alpha value is -0.540. The van der Waals surface area contributed by atoms with Crippen molar-refractivity contribution < 1.29 is 5.11 Å². The van der Waals surface area contributed by atoms with Crippen molar-refractivity contribution in [2.45, 2.75) is 13.0 Å². The molecule has 0 aromatic rings. The van der Waals surface area contributed by atoms with Crippen LogP contribution in [0.2, 0.25) is 0 Å². The molecule has 0 amide bonds. The standard InChI is InChI=1S/C6H14N2O/c1-5(3-7)8-4-6(2)9/h6,8-9H,1,3-4,7H2,2H3. The van der Waals surface area contributed by atoms with Crippen molar-refractivity contribution in [3.8, 4) is 0 Å². The van der Waals surface area contributed by atoms with Crippen molar-refractivity contribution in [1.29, 1.82) is 0 Å². The fraction of sp³-hybridized carbons (Fsp3) is 0.667. The van der Waals surface area contributed by atoms with E-state index in [4.69, 9.17) is 10.8 Å². The molecule has 0 aliphatic heterocycles. The van der Waals surface area contributed by atoms with Gasteiger partial charge in [0.05, 0.1) is 6.10 Å². The lowest BCUT2D eigenvalue weighted by Gasteiger charge is -2.08. The minimum Gasteiger partial charge on any atom is -0.392 e. The molecule has 1 unspecified atom stereocenters. The fourth-order valence-corrected chi connectivity index (χ4v) is 0.364. The molecule has 0 fully saturated rings. The molecular formula is C6H14N2O. The first kappa shape index (κ1) is 8.46. The van der Waals surface area contributed by atoms with E-state index in [0.29, 0.717) is 13.1 Å². The van der Waals surface area contributed by atoms with E-state index in [2.05, 4.69) is 11.9 Å². The van der Waals surface area contributed by atoms with Gasteiger partial charge in [0.2, 0.25) is 0 Å². The number of nitrogens with two attached hydrogens (primary N) is 1. The Morgan fingerprint density at radius 3 is 2.78 bits per heavy atom. The van der Waals surface area contributed by atoms with Gasteiger partial charge in [0.15, 0.2) is 0 Å². The highest BCUT2D eigenvalue weighted by molar-refractivity contribution is 4.92. The van der Waals surface area contributed by atoms with Gasteiger partial charge in [-0.05, 0) is 6.92 Å². The number of aliphatic hydroxyl groups is 1. The molecule has 0 radical (unpaired) electrons. The molecule has 0 heterocycles. The van der Waals surface area contributed by atoms with Crippen LogP contribution in [0.4, 0.5) is 0 Å². The van der Waals surface area contributed by atoms with Crippen LogP contribution in [0.15, 0.2) is 12.3 Å². The van der Waals surface area contributed by atoms with Gasteiger partial charge < -0.3 is 16.2 Å². The predicted molar refractivity (Wildman–Crippen MR) is 37.9 cm³/mol. The van der Waals surface area contributed by atoms with Crippen molar-refractivity contribution in [2.75, 3.05) is 13.1 Å². The lowest BCUT2D eigenvalue weighted by molar-refractivity contribution is 0.195. The van der Waals surface area contributed by atoms with Crippen LogP contribution in [0.5, 0.6) is 0 Å². The van der Waals surface area contributed by atoms with E-state index in [1.807, 2.05) is 0 Å². The summed E-state index contributed by atoms with van der Waals surface area (Å²) in [6.07, 6.45) is -0.340. The minimum absolute atomic E-state index is 0.340. The van der Waals surface area contributed by atoms with Crippen molar-refractivity contribution in [1.82, 2.24) is 5.32 Å². The molecule has 0 bridgehead atoms. The maximum absolute atomic E-state index is 8.75. The van der Waals surface area contributed by atoms with Gasteiger partial charge in [0, 0.05) is 18.8 Å². The van der Waals surface area contributed by atoms with Gasteiger partial charge in [0.1, 0.15) is 0 Å². The quantitative estimate of drug-likeness (QED) is 0.477.